The van der Waals surface area contributed by atoms with Crippen molar-refractivity contribution in [1.29, 1.82) is 0 Å². The first-order valence-electron chi connectivity index (χ1n) is 7.49. The van der Waals surface area contributed by atoms with Crippen molar-refractivity contribution in [3.8, 4) is 0 Å². The van der Waals surface area contributed by atoms with Gasteiger partial charge in [0, 0.05) is 19.3 Å². The third kappa shape index (κ3) is 4.59. The van der Waals surface area contributed by atoms with Crippen molar-refractivity contribution < 1.29 is 13.2 Å². The maximum atomic E-state index is 12.8. The van der Waals surface area contributed by atoms with Gasteiger partial charge in [0.1, 0.15) is 5.82 Å². The van der Waals surface area contributed by atoms with E-state index in [1.54, 1.807) is 0 Å². The minimum absolute atomic E-state index is 0.435. The van der Waals surface area contributed by atoms with E-state index >= 15 is 0 Å². The summed E-state index contributed by atoms with van der Waals surface area (Å²) in [7, 11) is 0. The van der Waals surface area contributed by atoms with E-state index in [9.17, 15) is 13.2 Å². The molecule has 1 saturated heterocycles. The number of rotatable bonds is 5. The molecule has 21 heavy (non-hydrogen) atoms. The second kappa shape index (κ2) is 7.11. The highest BCUT2D eigenvalue weighted by molar-refractivity contribution is 5.42. The molecule has 0 bridgehead atoms. The highest BCUT2D eigenvalue weighted by atomic mass is 19.4. The van der Waals surface area contributed by atoms with E-state index in [4.69, 9.17) is 0 Å². The second-order valence-corrected chi connectivity index (χ2v) is 5.56. The summed E-state index contributed by atoms with van der Waals surface area (Å²) in [5, 5.41) is 3.39. The van der Waals surface area contributed by atoms with E-state index in [2.05, 4.69) is 17.2 Å². The molecule has 2 heterocycles. The second-order valence-electron chi connectivity index (χ2n) is 5.56. The van der Waals surface area contributed by atoms with Crippen molar-refractivity contribution in [2.24, 2.45) is 5.92 Å². The number of aromatic nitrogens is 1. The third-order valence-corrected chi connectivity index (χ3v) is 3.78. The van der Waals surface area contributed by atoms with Gasteiger partial charge in [-0.25, -0.2) is 4.98 Å². The molecule has 3 nitrogen and oxygen atoms in total. The highest BCUT2D eigenvalue weighted by Crippen LogP contribution is 2.31. The number of piperidine rings is 1. The smallest absolute Gasteiger partial charge is 0.356 e. The Hall–Kier alpha value is -1.30. The first-order valence-corrected chi connectivity index (χ1v) is 7.49. The summed E-state index contributed by atoms with van der Waals surface area (Å²) in [6.45, 7) is 5.57. The average Bonchev–Trinajstić information content (AvgIpc) is 2.47. The van der Waals surface area contributed by atoms with Crippen LogP contribution in [0.25, 0.3) is 0 Å². The number of hydrogen-bond acceptors (Lipinski definition) is 3. The van der Waals surface area contributed by atoms with Crippen LogP contribution >= 0.6 is 0 Å². The molecule has 1 atom stereocenters. The molecule has 0 amide bonds. The van der Waals surface area contributed by atoms with Crippen molar-refractivity contribution in [1.82, 2.24) is 10.3 Å². The first kappa shape index (κ1) is 16.1. The van der Waals surface area contributed by atoms with Crippen molar-refractivity contribution >= 4 is 5.82 Å². The van der Waals surface area contributed by atoms with Crippen LogP contribution < -0.4 is 10.2 Å². The van der Waals surface area contributed by atoms with E-state index in [0.717, 1.165) is 57.6 Å². The number of pyridine rings is 1. The molecule has 0 spiro atoms. The van der Waals surface area contributed by atoms with Crippen LogP contribution in [0.3, 0.4) is 0 Å². The number of hydrogen-bond donors (Lipinski definition) is 1. The van der Waals surface area contributed by atoms with Gasteiger partial charge in [-0.2, -0.15) is 13.2 Å². The lowest BCUT2D eigenvalue weighted by Gasteiger charge is -2.34. The molecule has 1 unspecified atom stereocenters. The quantitative estimate of drug-likeness (QED) is 0.846. The van der Waals surface area contributed by atoms with Gasteiger partial charge in [-0.15, -0.1) is 0 Å². The van der Waals surface area contributed by atoms with Crippen LogP contribution in [0.4, 0.5) is 19.0 Å². The summed E-state index contributed by atoms with van der Waals surface area (Å²) in [4.78, 5) is 6.08. The lowest BCUT2D eigenvalue weighted by Crippen LogP contribution is -2.40. The van der Waals surface area contributed by atoms with Crippen molar-refractivity contribution in [2.75, 3.05) is 31.1 Å². The molecular formula is C15H22F3N3. The summed E-state index contributed by atoms with van der Waals surface area (Å²) in [6, 6.07) is 2.18. The van der Waals surface area contributed by atoms with Crippen LogP contribution in [0.15, 0.2) is 18.3 Å². The molecule has 1 aliphatic heterocycles. The zero-order chi connectivity index (χ0) is 15.3. The molecule has 1 aromatic rings. The molecule has 1 aromatic heterocycles. The van der Waals surface area contributed by atoms with Gasteiger partial charge in [0.25, 0.3) is 0 Å². The molecule has 0 radical (unpaired) electrons. The van der Waals surface area contributed by atoms with E-state index in [1.807, 2.05) is 4.90 Å². The molecule has 0 aliphatic carbocycles. The van der Waals surface area contributed by atoms with E-state index in [0.29, 0.717) is 11.7 Å². The average molecular weight is 301 g/mol. The molecule has 1 N–H and O–H groups in total. The predicted octanol–water partition coefficient (Wildman–Crippen LogP) is 3.32. The third-order valence-electron chi connectivity index (χ3n) is 3.78. The van der Waals surface area contributed by atoms with E-state index in [1.165, 1.54) is 6.20 Å². The molecule has 0 aromatic carbocycles. The number of nitrogens with one attached hydrogen (secondary N) is 1. The fourth-order valence-corrected chi connectivity index (χ4v) is 2.69. The Balaban J connectivity index is 2.00. The van der Waals surface area contributed by atoms with Gasteiger partial charge in [-0.1, -0.05) is 6.92 Å². The number of halogens is 3. The standard InChI is InChI=1S/C15H22F3N3/c1-2-6-19-10-12-4-3-8-21(11-12)14-9-13(5-7-20-14)15(16,17)18/h5,7,9,12,19H,2-4,6,8,10-11H2,1H3. The number of alkyl halides is 3. The van der Waals surface area contributed by atoms with Crippen LogP contribution in [-0.2, 0) is 6.18 Å². The van der Waals surface area contributed by atoms with Gasteiger partial charge in [0.05, 0.1) is 5.56 Å². The zero-order valence-electron chi connectivity index (χ0n) is 12.3. The largest absolute Gasteiger partial charge is 0.416 e. The molecule has 118 valence electrons. The van der Waals surface area contributed by atoms with Crippen LogP contribution in [0, 0.1) is 5.92 Å². The van der Waals surface area contributed by atoms with E-state index in [-0.39, 0.29) is 0 Å². The summed E-state index contributed by atoms with van der Waals surface area (Å²) in [5.74, 6) is 0.909. The molecule has 1 aliphatic rings. The molecule has 6 heteroatoms. The summed E-state index contributed by atoms with van der Waals surface area (Å²) >= 11 is 0. The van der Waals surface area contributed by atoms with Gasteiger partial charge in [-0.3, -0.25) is 0 Å². The Labute approximate surface area is 123 Å². The fraction of sp³-hybridized carbons (Fsp3) is 0.667. The zero-order valence-corrected chi connectivity index (χ0v) is 12.3. The van der Waals surface area contributed by atoms with Gasteiger partial charge in [0.2, 0.25) is 0 Å². The normalized spacial score (nSPS) is 19.8. The minimum atomic E-state index is -4.31. The fourth-order valence-electron chi connectivity index (χ4n) is 2.69. The number of anilines is 1. The summed E-state index contributed by atoms with van der Waals surface area (Å²) in [5.41, 5.74) is -0.626. The maximum absolute atomic E-state index is 12.8. The summed E-state index contributed by atoms with van der Waals surface area (Å²) < 4.78 is 38.3. The monoisotopic (exact) mass is 301 g/mol. The Morgan fingerprint density at radius 3 is 2.95 bits per heavy atom. The van der Waals surface area contributed by atoms with Crippen molar-refractivity contribution in [3.63, 3.8) is 0 Å². The topological polar surface area (TPSA) is 28.2 Å². The number of nitrogens with zero attached hydrogens (tertiary/aromatic N) is 2. The van der Waals surface area contributed by atoms with Crippen LogP contribution in [0.2, 0.25) is 0 Å². The lowest BCUT2D eigenvalue weighted by atomic mass is 9.98. The summed E-state index contributed by atoms with van der Waals surface area (Å²) in [6.07, 6.45) is 0.140. The first-order chi connectivity index (χ1) is 10.0. The van der Waals surface area contributed by atoms with Gasteiger partial charge in [0.15, 0.2) is 0 Å². The highest BCUT2D eigenvalue weighted by Gasteiger charge is 2.31. The van der Waals surface area contributed by atoms with Crippen LogP contribution in [0.1, 0.15) is 31.7 Å². The van der Waals surface area contributed by atoms with Gasteiger partial charge >= 0.3 is 6.18 Å². The molecule has 0 saturated carbocycles. The lowest BCUT2D eigenvalue weighted by molar-refractivity contribution is -0.137. The van der Waals surface area contributed by atoms with Gasteiger partial charge in [-0.05, 0) is 50.4 Å². The molecule has 1 fully saturated rings. The molecule has 2 rings (SSSR count). The Morgan fingerprint density at radius 2 is 2.24 bits per heavy atom. The predicted molar refractivity (Wildman–Crippen MR) is 77.3 cm³/mol. The van der Waals surface area contributed by atoms with E-state index < -0.39 is 11.7 Å². The van der Waals surface area contributed by atoms with Crippen LogP contribution in [-0.4, -0.2) is 31.2 Å². The van der Waals surface area contributed by atoms with Crippen molar-refractivity contribution in [2.45, 2.75) is 32.4 Å². The van der Waals surface area contributed by atoms with Gasteiger partial charge < -0.3 is 10.2 Å². The Kier molecular flexibility index (Phi) is 5.45. The van der Waals surface area contributed by atoms with Crippen LogP contribution in [0.5, 0.6) is 0 Å². The Bertz CT molecular complexity index is 448. The minimum Gasteiger partial charge on any atom is -0.356 e. The maximum Gasteiger partial charge on any atom is 0.416 e. The van der Waals surface area contributed by atoms with Crippen molar-refractivity contribution in [3.05, 3.63) is 23.9 Å². The molecular weight excluding hydrogens is 279 g/mol. The SMILES string of the molecule is CCCNCC1CCCN(c2cc(C(F)(F)F)ccn2)C1. The Morgan fingerprint density at radius 1 is 1.43 bits per heavy atom.